The minimum atomic E-state index is -1.21. The second-order valence-corrected chi connectivity index (χ2v) is 7.50. The highest BCUT2D eigenvalue weighted by Crippen LogP contribution is 2.42. The maximum absolute atomic E-state index is 11.1. The predicted molar refractivity (Wildman–Crippen MR) is 99.4 cm³/mol. The molecule has 3 rings (SSSR count). The second kappa shape index (κ2) is 7.57. The average Bonchev–Trinajstić information content (AvgIpc) is 2.63. The molecule has 1 saturated carbocycles. The monoisotopic (exact) mass is 340 g/mol. The summed E-state index contributed by atoms with van der Waals surface area (Å²) in [7, 11) is 0. The molecule has 0 unspecified atom stereocenters. The summed E-state index contributed by atoms with van der Waals surface area (Å²) in [6.07, 6.45) is 13.9. The molecule has 0 aliphatic heterocycles. The van der Waals surface area contributed by atoms with Crippen molar-refractivity contribution in [3.63, 3.8) is 0 Å². The number of hydrogen-bond acceptors (Lipinski definition) is 2. The Morgan fingerprint density at radius 2 is 1.76 bits per heavy atom. The van der Waals surface area contributed by atoms with E-state index in [9.17, 15) is 9.90 Å². The van der Waals surface area contributed by atoms with Gasteiger partial charge in [0.15, 0.2) is 0 Å². The standard InChI is InChI=1S/C22H28O3/c1-2-5-16-8-10-17(11-9-16)19-6-3-4-7-20(19)22(25)14-12-18(13-15-22)21(23)24/h3-4,6-7,12-18,25H,2,5,8-11H2,1H3,(H,23,24). The molecular weight excluding hydrogens is 312 g/mol. The normalized spacial score (nSPS) is 31.8. The Bertz CT molecular complexity index is 652. The van der Waals surface area contributed by atoms with Crippen molar-refractivity contribution in [2.45, 2.75) is 57.0 Å². The van der Waals surface area contributed by atoms with E-state index < -0.39 is 17.5 Å². The van der Waals surface area contributed by atoms with Crippen LogP contribution in [0, 0.1) is 11.8 Å². The Labute approximate surface area is 150 Å². The summed E-state index contributed by atoms with van der Waals surface area (Å²) in [5, 5.41) is 20.2. The quantitative estimate of drug-likeness (QED) is 0.759. The molecule has 0 saturated heterocycles. The van der Waals surface area contributed by atoms with Crippen LogP contribution in [0.15, 0.2) is 48.6 Å². The topological polar surface area (TPSA) is 57.5 Å². The third-order valence-corrected chi connectivity index (χ3v) is 5.78. The number of carbonyl (C=O) groups is 1. The minimum absolute atomic E-state index is 0.479. The van der Waals surface area contributed by atoms with E-state index in [0.717, 1.165) is 11.5 Å². The van der Waals surface area contributed by atoms with Crippen molar-refractivity contribution < 1.29 is 15.0 Å². The van der Waals surface area contributed by atoms with E-state index in [4.69, 9.17) is 5.11 Å². The molecule has 25 heavy (non-hydrogen) atoms. The summed E-state index contributed by atoms with van der Waals surface area (Å²) >= 11 is 0. The lowest BCUT2D eigenvalue weighted by atomic mass is 9.73. The summed E-state index contributed by atoms with van der Waals surface area (Å²) in [5.74, 6) is -0.219. The van der Waals surface area contributed by atoms with Crippen LogP contribution in [0.5, 0.6) is 0 Å². The molecule has 1 fully saturated rings. The molecule has 0 aromatic heterocycles. The van der Waals surface area contributed by atoms with Crippen LogP contribution in [0.4, 0.5) is 0 Å². The second-order valence-electron chi connectivity index (χ2n) is 7.50. The molecule has 2 aliphatic rings. The van der Waals surface area contributed by atoms with Gasteiger partial charge in [-0.2, -0.15) is 0 Å². The Balaban J connectivity index is 1.82. The third-order valence-electron chi connectivity index (χ3n) is 5.78. The molecule has 134 valence electrons. The maximum atomic E-state index is 11.1. The van der Waals surface area contributed by atoms with Gasteiger partial charge >= 0.3 is 5.97 Å². The van der Waals surface area contributed by atoms with Gasteiger partial charge in [0.05, 0.1) is 5.92 Å². The molecule has 0 spiro atoms. The summed E-state index contributed by atoms with van der Waals surface area (Å²) in [4.78, 5) is 11.1. The maximum Gasteiger partial charge on any atom is 0.314 e. The van der Waals surface area contributed by atoms with Gasteiger partial charge < -0.3 is 10.2 Å². The third kappa shape index (κ3) is 3.87. The van der Waals surface area contributed by atoms with Gasteiger partial charge in [-0.1, -0.05) is 56.2 Å². The first-order valence-corrected chi connectivity index (χ1v) is 9.47. The summed E-state index contributed by atoms with van der Waals surface area (Å²) in [6.45, 7) is 2.25. The van der Waals surface area contributed by atoms with Crippen molar-refractivity contribution >= 4 is 5.97 Å². The van der Waals surface area contributed by atoms with Gasteiger partial charge in [-0.3, -0.25) is 4.79 Å². The van der Waals surface area contributed by atoms with Crippen LogP contribution in [0.3, 0.4) is 0 Å². The Kier molecular flexibility index (Phi) is 5.43. The fraction of sp³-hybridized carbons (Fsp3) is 0.500. The first-order valence-electron chi connectivity index (χ1n) is 9.47. The lowest BCUT2D eigenvalue weighted by molar-refractivity contribution is -0.138. The van der Waals surface area contributed by atoms with Crippen molar-refractivity contribution in [2.24, 2.45) is 11.8 Å². The molecule has 0 heterocycles. The van der Waals surface area contributed by atoms with Gasteiger partial charge in [0.1, 0.15) is 5.60 Å². The van der Waals surface area contributed by atoms with Crippen molar-refractivity contribution in [3.8, 4) is 0 Å². The molecule has 3 heteroatoms. The van der Waals surface area contributed by atoms with E-state index in [0.29, 0.717) is 5.92 Å². The Hall–Kier alpha value is -1.87. The molecule has 2 aliphatic carbocycles. The van der Waals surface area contributed by atoms with Gasteiger partial charge in [0.2, 0.25) is 0 Å². The van der Waals surface area contributed by atoms with E-state index in [1.54, 1.807) is 24.3 Å². The average molecular weight is 340 g/mol. The summed E-state index contributed by atoms with van der Waals surface area (Å²) in [6, 6.07) is 8.09. The largest absolute Gasteiger partial charge is 0.481 e. The number of benzene rings is 1. The van der Waals surface area contributed by atoms with Gasteiger partial charge in [-0.25, -0.2) is 0 Å². The van der Waals surface area contributed by atoms with Crippen LogP contribution < -0.4 is 0 Å². The molecule has 0 atom stereocenters. The van der Waals surface area contributed by atoms with Crippen LogP contribution in [0.25, 0.3) is 0 Å². The van der Waals surface area contributed by atoms with Gasteiger partial charge in [0, 0.05) is 0 Å². The molecular formula is C22H28O3. The number of aliphatic hydroxyl groups is 1. The van der Waals surface area contributed by atoms with Crippen LogP contribution in [-0.4, -0.2) is 16.2 Å². The van der Waals surface area contributed by atoms with Gasteiger partial charge in [-0.15, -0.1) is 0 Å². The number of hydrogen-bond donors (Lipinski definition) is 2. The van der Waals surface area contributed by atoms with Gasteiger partial charge in [-0.05, 0) is 60.8 Å². The van der Waals surface area contributed by atoms with E-state index in [1.165, 1.54) is 44.1 Å². The van der Waals surface area contributed by atoms with Crippen molar-refractivity contribution in [3.05, 3.63) is 59.7 Å². The van der Waals surface area contributed by atoms with E-state index in [1.807, 2.05) is 18.2 Å². The number of carboxylic acids is 1. The highest BCUT2D eigenvalue weighted by atomic mass is 16.4. The zero-order valence-electron chi connectivity index (χ0n) is 14.9. The Morgan fingerprint density at radius 1 is 1.12 bits per heavy atom. The molecule has 3 nitrogen and oxygen atoms in total. The van der Waals surface area contributed by atoms with Gasteiger partial charge in [0.25, 0.3) is 0 Å². The van der Waals surface area contributed by atoms with Crippen molar-refractivity contribution in [1.82, 2.24) is 0 Å². The highest BCUT2D eigenvalue weighted by Gasteiger charge is 2.32. The van der Waals surface area contributed by atoms with E-state index >= 15 is 0 Å². The molecule has 0 bridgehead atoms. The Morgan fingerprint density at radius 3 is 2.36 bits per heavy atom. The zero-order valence-corrected chi connectivity index (χ0v) is 14.9. The molecule has 1 aromatic carbocycles. The smallest absolute Gasteiger partial charge is 0.314 e. The molecule has 0 amide bonds. The lowest BCUT2D eigenvalue weighted by Crippen LogP contribution is -2.27. The van der Waals surface area contributed by atoms with Crippen LogP contribution in [0.2, 0.25) is 0 Å². The first kappa shape index (κ1) is 17.9. The van der Waals surface area contributed by atoms with Crippen LogP contribution in [0.1, 0.15) is 62.5 Å². The molecule has 1 aromatic rings. The van der Waals surface area contributed by atoms with Crippen molar-refractivity contribution in [1.29, 1.82) is 0 Å². The fourth-order valence-electron chi connectivity index (χ4n) is 4.35. The van der Waals surface area contributed by atoms with E-state index in [2.05, 4.69) is 13.0 Å². The zero-order chi connectivity index (χ0) is 17.9. The molecule has 2 N–H and O–H groups in total. The van der Waals surface area contributed by atoms with Crippen molar-refractivity contribution in [2.75, 3.05) is 0 Å². The lowest BCUT2D eigenvalue weighted by Gasteiger charge is -2.33. The number of rotatable bonds is 5. The fourth-order valence-corrected chi connectivity index (χ4v) is 4.35. The minimum Gasteiger partial charge on any atom is -0.481 e. The summed E-state index contributed by atoms with van der Waals surface area (Å²) in [5.41, 5.74) is 0.899. The SMILES string of the molecule is CCCC1CCC(c2ccccc2C2(O)C=CC(C(=O)O)C=C2)CC1. The highest BCUT2D eigenvalue weighted by molar-refractivity contribution is 5.75. The van der Waals surface area contributed by atoms with Crippen LogP contribution >= 0.6 is 0 Å². The molecule has 0 radical (unpaired) electrons. The van der Waals surface area contributed by atoms with E-state index in [-0.39, 0.29) is 0 Å². The number of aliphatic carboxylic acids is 1. The predicted octanol–water partition coefficient (Wildman–Crippen LogP) is 4.77. The van der Waals surface area contributed by atoms with Crippen LogP contribution in [-0.2, 0) is 10.4 Å². The summed E-state index contributed by atoms with van der Waals surface area (Å²) < 4.78 is 0. The number of carboxylic acid groups (broad SMARTS) is 1. The first-order chi connectivity index (χ1) is 12.0.